The van der Waals surface area contributed by atoms with Gasteiger partial charge < -0.3 is 19.6 Å². The van der Waals surface area contributed by atoms with Crippen molar-refractivity contribution in [2.45, 2.75) is 56.1 Å². The Labute approximate surface area is 127 Å². The van der Waals surface area contributed by atoms with E-state index in [1.54, 1.807) is 0 Å². The van der Waals surface area contributed by atoms with E-state index in [1.165, 1.54) is 0 Å². The van der Waals surface area contributed by atoms with Gasteiger partial charge in [0, 0.05) is 32.8 Å². The van der Waals surface area contributed by atoms with Crippen LogP contribution in [-0.2, 0) is 9.53 Å². The van der Waals surface area contributed by atoms with Gasteiger partial charge in [-0.1, -0.05) is 0 Å². The maximum absolute atomic E-state index is 12.5. The summed E-state index contributed by atoms with van der Waals surface area (Å²) in [5.74, 6) is 0.120. The molecule has 21 heavy (non-hydrogen) atoms. The Morgan fingerprint density at radius 2 is 1.76 bits per heavy atom. The molecule has 0 aromatic rings. The molecule has 0 aromatic carbocycles. The number of aliphatic hydroxyl groups is 1. The Kier molecular flexibility index (Phi) is 4.26. The Balaban J connectivity index is 1.50. The highest BCUT2D eigenvalue weighted by atomic mass is 16.5. The molecule has 0 atom stereocenters. The van der Waals surface area contributed by atoms with Crippen molar-refractivity contribution < 1.29 is 14.6 Å². The zero-order valence-electron chi connectivity index (χ0n) is 13.1. The molecule has 3 heterocycles. The summed E-state index contributed by atoms with van der Waals surface area (Å²) in [4.78, 5) is 16.6. The van der Waals surface area contributed by atoms with Crippen LogP contribution in [0, 0.1) is 0 Å². The number of ether oxygens (including phenoxy) is 1. The van der Waals surface area contributed by atoms with Gasteiger partial charge in [-0.25, -0.2) is 0 Å². The van der Waals surface area contributed by atoms with Gasteiger partial charge in [-0.2, -0.15) is 0 Å². The highest BCUT2D eigenvalue weighted by Crippen LogP contribution is 2.36. The van der Waals surface area contributed by atoms with E-state index in [4.69, 9.17) is 4.74 Å². The van der Waals surface area contributed by atoms with Gasteiger partial charge in [-0.05, 0) is 45.6 Å². The molecule has 3 rings (SSSR count). The molecular formula is C16H28N2O3. The van der Waals surface area contributed by atoms with Crippen LogP contribution >= 0.6 is 0 Å². The van der Waals surface area contributed by atoms with Crippen molar-refractivity contribution >= 4 is 5.91 Å². The number of hydrogen-bond donors (Lipinski definition) is 1. The minimum Gasteiger partial charge on any atom is -0.389 e. The number of likely N-dealkylation sites (tertiary alicyclic amines) is 2. The Hall–Kier alpha value is -0.650. The van der Waals surface area contributed by atoms with Gasteiger partial charge in [0.25, 0.3) is 0 Å². The third-order valence-corrected chi connectivity index (χ3v) is 5.61. The van der Waals surface area contributed by atoms with Crippen LogP contribution in [0.25, 0.3) is 0 Å². The van der Waals surface area contributed by atoms with Gasteiger partial charge in [0.1, 0.15) is 0 Å². The molecule has 3 aliphatic rings. The van der Waals surface area contributed by atoms with E-state index < -0.39 is 5.60 Å². The van der Waals surface area contributed by atoms with E-state index in [0.717, 1.165) is 58.5 Å². The largest absolute Gasteiger partial charge is 0.389 e. The summed E-state index contributed by atoms with van der Waals surface area (Å²) in [5.41, 5.74) is -0.732. The number of nitrogens with zero attached hydrogens (tertiary/aromatic N) is 2. The van der Waals surface area contributed by atoms with Crippen molar-refractivity contribution in [3.63, 3.8) is 0 Å². The first-order chi connectivity index (χ1) is 10.0. The molecular weight excluding hydrogens is 268 g/mol. The molecule has 3 fully saturated rings. The average molecular weight is 296 g/mol. The minimum absolute atomic E-state index is 0.0568. The first-order valence-electron chi connectivity index (χ1n) is 8.33. The standard InChI is InChI=1S/C16H28N2O3/c1-17-8-4-15(20,5-9-17)13-14(19)18-10-6-16(7-11-18)3-2-12-21-16/h20H,2-13H2,1H3. The monoisotopic (exact) mass is 296 g/mol. The third-order valence-electron chi connectivity index (χ3n) is 5.61. The fraction of sp³-hybridized carbons (Fsp3) is 0.938. The Bertz CT molecular complexity index is 375. The van der Waals surface area contributed by atoms with Gasteiger partial charge in [0.2, 0.25) is 5.91 Å². The maximum Gasteiger partial charge on any atom is 0.225 e. The first kappa shape index (κ1) is 15.3. The zero-order valence-corrected chi connectivity index (χ0v) is 13.1. The van der Waals surface area contributed by atoms with Gasteiger partial charge in [-0.15, -0.1) is 0 Å². The van der Waals surface area contributed by atoms with Crippen LogP contribution in [0.5, 0.6) is 0 Å². The number of hydrogen-bond acceptors (Lipinski definition) is 4. The lowest BCUT2D eigenvalue weighted by molar-refractivity contribution is -0.143. The molecule has 0 aliphatic carbocycles. The molecule has 3 saturated heterocycles. The van der Waals surface area contributed by atoms with Crippen molar-refractivity contribution in [2.24, 2.45) is 0 Å². The molecule has 1 N–H and O–H groups in total. The second-order valence-corrected chi connectivity index (χ2v) is 7.22. The van der Waals surface area contributed by atoms with Crippen LogP contribution < -0.4 is 0 Å². The smallest absolute Gasteiger partial charge is 0.225 e. The summed E-state index contributed by atoms with van der Waals surface area (Å²) in [7, 11) is 2.06. The maximum atomic E-state index is 12.5. The van der Waals surface area contributed by atoms with Crippen LogP contribution in [0.1, 0.15) is 44.9 Å². The summed E-state index contributed by atoms with van der Waals surface area (Å²) in [6.45, 7) is 4.20. The summed E-state index contributed by atoms with van der Waals surface area (Å²) in [6.07, 6.45) is 5.91. The van der Waals surface area contributed by atoms with Crippen LogP contribution in [-0.4, -0.2) is 71.8 Å². The molecule has 120 valence electrons. The lowest BCUT2D eigenvalue weighted by Crippen LogP contribution is -2.50. The highest BCUT2D eigenvalue weighted by molar-refractivity contribution is 5.77. The third kappa shape index (κ3) is 3.41. The highest BCUT2D eigenvalue weighted by Gasteiger charge is 2.41. The minimum atomic E-state index is -0.789. The normalized spacial score (nSPS) is 29.0. The second-order valence-electron chi connectivity index (χ2n) is 7.22. The Morgan fingerprint density at radius 1 is 1.10 bits per heavy atom. The first-order valence-corrected chi connectivity index (χ1v) is 8.33. The summed E-state index contributed by atoms with van der Waals surface area (Å²) in [5, 5.41) is 10.6. The number of rotatable bonds is 2. The number of piperidine rings is 2. The van der Waals surface area contributed by atoms with Crippen molar-refractivity contribution in [2.75, 3.05) is 39.8 Å². The van der Waals surface area contributed by atoms with E-state index in [1.807, 2.05) is 4.90 Å². The molecule has 5 heteroatoms. The molecule has 0 radical (unpaired) electrons. The second kappa shape index (κ2) is 5.86. The fourth-order valence-corrected chi connectivity index (χ4v) is 3.92. The van der Waals surface area contributed by atoms with E-state index >= 15 is 0 Å². The fourth-order valence-electron chi connectivity index (χ4n) is 3.92. The predicted molar refractivity (Wildman–Crippen MR) is 80.0 cm³/mol. The van der Waals surface area contributed by atoms with Crippen molar-refractivity contribution in [1.29, 1.82) is 0 Å². The molecule has 0 unspecified atom stereocenters. The van der Waals surface area contributed by atoms with E-state index in [0.29, 0.717) is 12.8 Å². The zero-order chi connectivity index (χ0) is 14.9. The van der Waals surface area contributed by atoms with Gasteiger partial charge >= 0.3 is 0 Å². The molecule has 1 amide bonds. The van der Waals surface area contributed by atoms with E-state index in [2.05, 4.69) is 11.9 Å². The van der Waals surface area contributed by atoms with Crippen LogP contribution in [0.2, 0.25) is 0 Å². The molecule has 3 aliphatic heterocycles. The van der Waals surface area contributed by atoms with Gasteiger partial charge in [0.15, 0.2) is 0 Å². The lowest BCUT2D eigenvalue weighted by atomic mass is 9.86. The van der Waals surface area contributed by atoms with Crippen molar-refractivity contribution in [3.05, 3.63) is 0 Å². The lowest BCUT2D eigenvalue weighted by Gasteiger charge is -2.41. The predicted octanol–water partition coefficient (Wildman–Crippen LogP) is 1.00. The van der Waals surface area contributed by atoms with Crippen LogP contribution in [0.4, 0.5) is 0 Å². The van der Waals surface area contributed by atoms with Crippen LogP contribution in [0.3, 0.4) is 0 Å². The van der Waals surface area contributed by atoms with Gasteiger partial charge in [-0.3, -0.25) is 4.79 Å². The van der Waals surface area contributed by atoms with E-state index in [9.17, 15) is 9.90 Å². The van der Waals surface area contributed by atoms with Crippen molar-refractivity contribution in [1.82, 2.24) is 9.80 Å². The molecule has 0 bridgehead atoms. The quantitative estimate of drug-likeness (QED) is 0.826. The molecule has 0 aromatic heterocycles. The van der Waals surface area contributed by atoms with Crippen LogP contribution in [0.15, 0.2) is 0 Å². The van der Waals surface area contributed by atoms with E-state index in [-0.39, 0.29) is 17.9 Å². The number of amides is 1. The molecule has 0 saturated carbocycles. The van der Waals surface area contributed by atoms with Gasteiger partial charge in [0.05, 0.1) is 17.6 Å². The number of carbonyl (C=O) groups is 1. The van der Waals surface area contributed by atoms with Crippen molar-refractivity contribution in [3.8, 4) is 0 Å². The Morgan fingerprint density at radius 3 is 2.33 bits per heavy atom. The summed E-state index contributed by atoms with van der Waals surface area (Å²) >= 11 is 0. The molecule has 1 spiro atoms. The summed E-state index contributed by atoms with van der Waals surface area (Å²) in [6, 6.07) is 0. The molecule has 5 nitrogen and oxygen atoms in total. The SMILES string of the molecule is CN1CCC(O)(CC(=O)N2CCC3(CCCO3)CC2)CC1. The average Bonchev–Trinajstić information content (AvgIpc) is 2.91. The topological polar surface area (TPSA) is 53.0 Å². The number of carbonyl (C=O) groups excluding carboxylic acids is 1. The summed E-state index contributed by atoms with van der Waals surface area (Å²) < 4.78 is 5.90.